The topological polar surface area (TPSA) is 73.5 Å². The van der Waals surface area contributed by atoms with E-state index in [-0.39, 0.29) is 24.4 Å². The average molecular weight is 309 g/mol. The number of nitrogens with one attached hydrogen (secondary N) is 3. The van der Waals surface area contributed by atoms with E-state index in [4.69, 9.17) is 11.6 Å². The first-order valence-corrected chi connectivity index (χ1v) is 7.37. The predicted octanol–water partition coefficient (Wildman–Crippen LogP) is 0.879. The second-order valence-electron chi connectivity index (χ2n) is 5.14. The van der Waals surface area contributed by atoms with Crippen LogP contribution in [0.1, 0.15) is 18.5 Å². The van der Waals surface area contributed by atoms with Crippen LogP contribution in [0.3, 0.4) is 0 Å². The Hall–Kier alpha value is -1.79. The van der Waals surface area contributed by atoms with Crippen molar-refractivity contribution in [1.82, 2.24) is 10.6 Å². The lowest BCUT2D eigenvalue weighted by atomic mass is 10.1. The summed E-state index contributed by atoms with van der Waals surface area (Å²) >= 11 is 6.36. The van der Waals surface area contributed by atoms with E-state index in [9.17, 15) is 9.59 Å². The highest BCUT2D eigenvalue weighted by Gasteiger charge is 2.31. The third-order valence-electron chi connectivity index (χ3n) is 3.74. The minimum Gasteiger partial charge on any atom is -0.359 e. The monoisotopic (exact) mass is 308 g/mol. The van der Waals surface area contributed by atoms with Crippen LogP contribution in [0.4, 0.5) is 11.4 Å². The molecule has 21 heavy (non-hydrogen) atoms. The number of rotatable bonds is 3. The van der Waals surface area contributed by atoms with Crippen molar-refractivity contribution < 1.29 is 9.59 Å². The van der Waals surface area contributed by atoms with Gasteiger partial charge in [-0.2, -0.15) is 0 Å². The molecule has 3 N–H and O–H groups in total. The molecule has 2 aliphatic rings. The Kier molecular flexibility index (Phi) is 3.73. The van der Waals surface area contributed by atoms with Crippen molar-refractivity contribution in [2.24, 2.45) is 0 Å². The van der Waals surface area contributed by atoms with E-state index in [2.05, 4.69) is 16.0 Å². The summed E-state index contributed by atoms with van der Waals surface area (Å²) < 4.78 is 0. The van der Waals surface area contributed by atoms with Gasteiger partial charge in [0, 0.05) is 24.3 Å². The van der Waals surface area contributed by atoms with Crippen molar-refractivity contribution in [2.75, 3.05) is 36.4 Å². The van der Waals surface area contributed by atoms with Crippen molar-refractivity contribution in [3.05, 3.63) is 22.7 Å². The van der Waals surface area contributed by atoms with E-state index in [1.165, 1.54) is 0 Å². The van der Waals surface area contributed by atoms with Crippen molar-refractivity contribution in [1.29, 1.82) is 0 Å². The molecule has 0 bridgehead atoms. The van der Waals surface area contributed by atoms with Gasteiger partial charge in [-0.3, -0.25) is 9.59 Å². The Morgan fingerprint density at radius 2 is 2.24 bits per heavy atom. The van der Waals surface area contributed by atoms with Gasteiger partial charge in [-0.1, -0.05) is 18.5 Å². The van der Waals surface area contributed by atoms with Crippen molar-refractivity contribution in [2.45, 2.75) is 13.0 Å². The van der Waals surface area contributed by atoms with Crippen molar-refractivity contribution in [3.63, 3.8) is 0 Å². The minimum atomic E-state index is -0.360. The standard InChI is InChI=1S/C14H17ClN4O2/c1-2-16-13-8-5-9(15)11(6-10(8)18-14(13)21)19-4-3-17-12(20)7-19/h5-6,13,16H,2-4,7H2,1H3,(H,17,20)(H,18,21). The Morgan fingerprint density at radius 3 is 2.95 bits per heavy atom. The van der Waals surface area contributed by atoms with Gasteiger partial charge in [0.15, 0.2) is 0 Å². The molecule has 1 aromatic carbocycles. The van der Waals surface area contributed by atoms with Gasteiger partial charge in [-0.25, -0.2) is 0 Å². The molecular weight excluding hydrogens is 292 g/mol. The zero-order chi connectivity index (χ0) is 15.0. The van der Waals surface area contributed by atoms with Gasteiger partial charge in [0.2, 0.25) is 11.8 Å². The third-order valence-corrected chi connectivity index (χ3v) is 4.04. The number of likely N-dealkylation sites (N-methyl/N-ethyl adjacent to an activating group) is 1. The molecule has 6 nitrogen and oxygen atoms in total. The molecule has 112 valence electrons. The number of nitrogens with zero attached hydrogens (tertiary/aromatic N) is 1. The average Bonchev–Trinajstić information content (AvgIpc) is 2.74. The summed E-state index contributed by atoms with van der Waals surface area (Å²) in [5.41, 5.74) is 2.40. The number of anilines is 2. The summed E-state index contributed by atoms with van der Waals surface area (Å²) in [6.45, 7) is 4.23. The SMILES string of the molecule is CCNC1C(=O)Nc2cc(N3CCNC(=O)C3)c(Cl)cc21. The molecule has 1 fully saturated rings. The van der Waals surface area contributed by atoms with Crippen LogP contribution in [0.2, 0.25) is 5.02 Å². The lowest BCUT2D eigenvalue weighted by Gasteiger charge is -2.29. The molecule has 2 aliphatic heterocycles. The molecule has 1 aromatic rings. The van der Waals surface area contributed by atoms with Crippen LogP contribution in [0, 0.1) is 0 Å². The van der Waals surface area contributed by atoms with Gasteiger partial charge >= 0.3 is 0 Å². The predicted molar refractivity (Wildman–Crippen MR) is 81.7 cm³/mol. The Bertz CT molecular complexity index is 605. The number of amides is 2. The molecule has 2 heterocycles. The second kappa shape index (κ2) is 5.54. The van der Waals surface area contributed by atoms with Gasteiger partial charge in [-0.15, -0.1) is 0 Å². The minimum absolute atomic E-state index is 0.0209. The normalized spacial score (nSPS) is 21.0. The summed E-state index contributed by atoms with van der Waals surface area (Å²) in [5, 5.41) is 9.34. The molecular formula is C14H17ClN4O2. The van der Waals surface area contributed by atoms with Crippen LogP contribution in [0.25, 0.3) is 0 Å². The van der Waals surface area contributed by atoms with E-state index >= 15 is 0 Å². The smallest absolute Gasteiger partial charge is 0.246 e. The maximum absolute atomic E-state index is 12.0. The zero-order valence-corrected chi connectivity index (χ0v) is 12.5. The number of fused-ring (bicyclic) bond motifs is 1. The first-order valence-electron chi connectivity index (χ1n) is 6.99. The number of benzene rings is 1. The summed E-state index contributed by atoms with van der Waals surface area (Å²) in [6.07, 6.45) is 0. The van der Waals surface area contributed by atoms with Crippen molar-refractivity contribution in [3.8, 4) is 0 Å². The molecule has 3 rings (SSSR count). The number of carbonyl (C=O) groups is 2. The molecule has 7 heteroatoms. The van der Waals surface area contributed by atoms with Crippen LogP contribution in [0.15, 0.2) is 12.1 Å². The van der Waals surface area contributed by atoms with E-state index in [0.717, 1.165) is 16.9 Å². The molecule has 0 aliphatic carbocycles. The highest BCUT2D eigenvalue weighted by molar-refractivity contribution is 6.33. The fourth-order valence-corrected chi connectivity index (χ4v) is 3.06. The van der Waals surface area contributed by atoms with Gasteiger partial charge in [0.1, 0.15) is 6.04 Å². The second-order valence-corrected chi connectivity index (χ2v) is 5.55. The Morgan fingerprint density at radius 1 is 1.43 bits per heavy atom. The highest BCUT2D eigenvalue weighted by atomic mass is 35.5. The van der Waals surface area contributed by atoms with E-state index in [1.807, 2.05) is 24.0 Å². The van der Waals surface area contributed by atoms with Crippen LogP contribution in [0.5, 0.6) is 0 Å². The van der Waals surface area contributed by atoms with Crippen LogP contribution >= 0.6 is 11.6 Å². The van der Waals surface area contributed by atoms with Gasteiger partial charge in [0.05, 0.1) is 17.3 Å². The maximum Gasteiger partial charge on any atom is 0.246 e. The molecule has 1 atom stereocenters. The number of carbonyl (C=O) groups excluding carboxylic acids is 2. The van der Waals surface area contributed by atoms with Crippen LogP contribution < -0.4 is 20.9 Å². The van der Waals surface area contributed by atoms with E-state index in [0.29, 0.717) is 24.7 Å². The maximum atomic E-state index is 12.0. The van der Waals surface area contributed by atoms with Crippen LogP contribution in [-0.2, 0) is 9.59 Å². The first-order chi connectivity index (χ1) is 10.1. The molecule has 0 radical (unpaired) electrons. The van der Waals surface area contributed by atoms with Gasteiger partial charge in [-0.05, 0) is 18.7 Å². The molecule has 0 spiro atoms. The number of hydrogen-bond acceptors (Lipinski definition) is 4. The summed E-state index contributed by atoms with van der Waals surface area (Å²) in [7, 11) is 0. The first kappa shape index (κ1) is 14.2. The number of piperazine rings is 1. The number of halogens is 1. The van der Waals surface area contributed by atoms with E-state index < -0.39 is 0 Å². The molecule has 1 unspecified atom stereocenters. The third kappa shape index (κ3) is 2.56. The quantitative estimate of drug-likeness (QED) is 0.775. The van der Waals surface area contributed by atoms with E-state index in [1.54, 1.807) is 0 Å². The lowest BCUT2D eigenvalue weighted by molar-refractivity contribution is -0.120. The van der Waals surface area contributed by atoms with Gasteiger partial charge < -0.3 is 20.9 Å². The molecule has 1 saturated heterocycles. The number of hydrogen-bond donors (Lipinski definition) is 3. The zero-order valence-electron chi connectivity index (χ0n) is 11.7. The van der Waals surface area contributed by atoms with Gasteiger partial charge in [0.25, 0.3) is 0 Å². The molecule has 0 aromatic heterocycles. The fourth-order valence-electron chi connectivity index (χ4n) is 2.76. The Labute approximate surface area is 127 Å². The fraction of sp³-hybridized carbons (Fsp3) is 0.429. The molecule has 0 saturated carbocycles. The highest BCUT2D eigenvalue weighted by Crippen LogP contribution is 2.39. The van der Waals surface area contributed by atoms with Crippen molar-refractivity contribution >= 4 is 34.8 Å². The lowest BCUT2D eigenvalue weighted by Crippen LogP contribution is -2.47. The van der Waals surface area contributed by atoms with Crippen LogP contribution in [-0.4, -0.2) is 38.0 Å². The summed E-state index contributed by atoms with van der Waals surface area (Å²) in [5.74, 6) is -0.0937. The largest absolute Gasteiger partial charge is 0.359 e. The Balaban J connectivity index is 1.94. The summed E-state index contributed by atoms with van der Waals surface area (Å²) in [6, 6.07) is 3.30. The summed E-state index contributed by atoms with van der Waals surface area (Å²) in [4.78, 5) is 25.4. The molecule has 2 amide bonds.